The molecule has 260 valence electrons. The number of carbonyl (C=O) groups is 3. The van der Waals surface area contributed by atoms with Crippen LogP contribution in [0.3, 0.4) is 0 Å². The number of pyridine rings is 1. The summed E-state index contributed by atoms with van der Waals surface area (Å²) >= 11 is 0. The lowest BCUT2D eigenvalue weighted by molar-refractivity contribution is -0.130. The van der Waals surface area contributed by atoms with E-state index < -0.39 is 63.3 Å². The zero-order valence-corrected chi connectivity index (χ0v) is 29.3. The lowest BCUT2D eigenvalue weighted by Crippen LogP contribution is -2.57. The normalized spacial score (nSPS) is 15.0. The summed E-state index contributed by atoms with van der Waals surface area (Å²) in [5.74, 6) is -2.22. The van der Waals surface area contributed by atoms with E-state index in [9.17, 15) is 33.0 Å². The van der Waals surface area contributed by atoms with E-state index in [2.05, 4.69) is 15.6 Å². The summed E-state index contributed by atoms with van der Waals surface area (Å²) in [6.07, 6.45) is 0.933. The van der Waals surface area contributed by atoms with Crippen LogP contribution in [0.25, 0.3) is 11.3 Å². The first kappa shape index (κ1) is 38.2. The molecule has 0 aliphatic carbocycles. The highest BCUT2D eigenvalue weighted by molar-refractivity contribution is 7.90. The fourth-order valence-corrected chi connectivity index (χ4v) is 6.89. The van der Waals surface area contributed by atoms with Gasteiger partial charge in [0.25, 0.3) is 0 Å². The number of sulfone groups is 1. The summed E-state index contributed by atoms with van der Waals surface area (Å²) in [6, 6.07) is 20.1. The molecule has 1 heterocycles. The molecule has 4 N–H and O–H groups in total. The molecule has 3 rings (SSSR count). The standard InChI is InChI=1S/C36H48N4O7S/c1-24(23-48(6,46)47)33(42)39-30(21-25-12-8-7-9-13-25)31(41)22-28(38-34(43)32(36(2,3)4)40(5)35(44)45)20-26-15-17-27(18-16-26)29-14-10-11-19-37-29/h7-19,24,28,30-32,41H,20-23H2,1-6H3,(H,38,43)(H,39,42)(H,44,45)/t24-,28+,30+,31+,32-/m1/s1. The number of aliphatic hydroxyl groups is 1. The number of rotatable bonds is 15. The summed E-state index contributed by atoms with van der Waals surface area (Å²) in [4.78, 5) is 44.2. The van der Waals surface area contributed by atoms with Crippen molar-refractivity contribution in [3.63, 3.8) is 0 Å². The topological polar surface area (TPSA) is 166 Å². The molecule has 0 unspecified atom stereocenters. The summed E-state index contributed by atoms with van der Waals surface area (Å²) < 4.78 is 23.8. The minimum Gasteiger partial charge on any atom is -0.465 e. The van der Waals surface area contributed by atoms with Gasteiger partial charge in [0.2, 0.25) is 11.8 Å². The molecule has 0 saturated heterocycles. The van der Waals surface area contributed by atoms with Crippen LogP contribution < -0.4 is 10.6 Å². The van der Waals surface area contributed by atoms with Gasteiger partial charge in [-0.2, -0.15) is 0 Å². The number of carbonyl (C=O) groups excluding carboxylic acids is 2. The minimum absolute atomic E-state index is 0.0135. The van der Waals surface area contributed by atoms with Gasteiger partial charge in [-0.15, -0.1) is 0 Å². The molecule has 48 heavy (non-hydrogen) atoms. The SMILES string of the molecule is C[C@H](CS(C)(=O)=O)C(=O)N[C@@H](Cc1ccccc1)[C@@H](O)C[C@H](Cc1ccc(-c2ccccn2)cc1)NC(=O)[C@@H](N(C)C(=O)O)C(C)(C)C. The van der Waals surface area contributed by atoms with Crippen LogP contribution in [0.5, 0.6) is 0 Å². The molecule has 12 heteroatoms. The molecule has 3 aromatic rings. The van der Waals surface area contributed by atoms with Gasteiger partial charge in [-0.25, -0.2) is 13.2 Å². The van der Waals surface area contributed by atoms with Crippen molar-refractivity contribution >= 4 is 27.7 Å². The van der Waals surface area contributed by atoms with Crippen LogP contribution in [-0.2, 0) is 32.3 Å². The first-order chi connectivity index (χ1) is 22.4. The maximum atomic E-state index is 13.8. The van der Waals surface area contributed by atoms with E-state index in [1.807, 2.05) is 72.8 Å². The highest BCUT2D eigenvalue weighted by Crippen LogP contribution is 2.25. The minimum atomic E-state index is -3.43. The molecule has 3 amide bonds. The average molecular weight is 681 g/mol. The fraction of sp³-hybridized carbons (Fsp3) is 0.444. The van der Waals surface area contributed by atoms with Gasteiger partial charge in [-0.3, -0.25) is 19.5 Å². The van der Waals surface area contributed by atoms with E-state index in [0.717, 1.165) is 33.5 Å². The molecule has 2 aromatic carbocycles. The molecule has 0 aliphatic heterocycles. The number of carboxylic acid groups (broad SMARTS) is 1. The van der Waals surface area contributed by atoms with E-state index in [1.165, 1.54) is 14.0 Å². The van der Waals surface area contributed by atoms with Crippen LogP contribution in [0, 0.1) is 11.3 Å². The second kappa shape index (κ2) is 16.7. The average Bonchev–Trinajstić information content (AvgIpc) is 3.00. The molecular formula is C36H48N4O7S. The third-order valence-electron chi connectivity index (χ3n) is 8.12. The lowest BCUT2D eigenvalue weighted by atomic mass is 9.84. The number of benzene rings is 2. The van der Waals surface area contributed by atoms with Crippen molar-refractivity contribution in [2.45, 2.75) is 71.2 Å². The predicted octanol–water partition coefficient (Wildman–Crippen LogP) is 3.96. The monoisotopic (exact) mass is 680 g/mol. The van der Waals surface area contributed by atoms with Crippen LogP contribution >= 0.6 is 0 Å². The molecule has 0 aliphatic rings. The summed E-state index contributed by atoms with van der Waals surface area (Å²) in [5.41, 5.74) is 2.67. The van der Waals surface area contributed by atoms with Crippen molar-refractivity contribution in [1.29, 1.82) is 0 Å². The Labute approximate surface area is 283 Å². The molecule has 0 saturated carbocycles. The number of hydrogen-bond donors (Lipinski definition) is 4. The Balaban J connectivity index is 1.93. The molecular weight excluding hydrogens is 632 g/mol. The first-order valence-electron chi connectivity index (χ1n) is 15.9. The van der Waals surface area contributed by atoms with Gasteiger partial charge in [0.1, 0.15) is 15.9 Å². The third-order valence-corrected chi connectivity index (χ3v) is 9.22. The smallest absolute Gasteiger partial charge is 0.407 e. The van der Waals surface area contributed by atoms with Gasteiger partial charge in [-0.1, -0.05) is 88.4 Å². The van der Waals surface area contributed by atoms with Crippen LogP contribution in [0.2, 0.25) is 0 Å². The Kier molecular flexibility index (Phi) is 13.3. The Morgan fingerprint density at radius 2 is 1.48 bits per heavy atom. The van der Waals surface area contributed by atoms with Crippen LogP contribution in [0.15, 0.2) is 79.0 Å². The van der Waals surface area contributed by atoms with Gasteiger partial charge in [0.05, 0.1) is 23.6 Å². The number of aliphatic hydroxyl groups excluding tert-OH is 1. The van der Waals surface area contributed by atoms with Crippen LogP contribution in [0.4, 0.5) is 4.79 Å². The van der Waals surface area contributed by atoms with Gasteiger partial charge in [0, 0.05) is 37.0 Å². The Hall–Kier alpha value is -4.29. The largest absolute Gasteiger partial charge is 0.465 e. The van der Waals surface area contributed by atoms with E-state index in [1.54, 1.807) is 27.0 Å². The zero-order valence-electron chi connectivity index (χ0n) is 28.5. The van der Waals surface area contributed by atoms with Crippen molar-refractivity contribution in [3.8, 4) is 11.3 Å². The van der Waals surface area contributed by atoms with Crippen molar-refractivity contribution in [2.75, 3.05) is 19.1 Å². The van der Waals surface area contributed by atoms with E-state index in [4.69, 9.17) is 0 Å². The molecule has 0 radical (unpaired) electrons. The van der Waals surface area contributed by atoms with Crippen molar-refractivity contribution in [3.05, 3.63) is 90.1 Å². The van der Waals surface area contributed by atoms with Gasteiger partial charge in [-0.05, 0) is 47.9 Å². The maximum Gasteiger partial charge on any atom is 0.407 e. The molecule has 11 nitrogen and oxygen atoms in total. The highest BCUT2D eigenvalue weighted by atomic mass is 32.2. The second-order valence-electron chi connectivity index (χ2n) is 13.6. The summed E-state index contributed by atoms with van der Waals surface area (Å²) in [5, 5.41) is 27.3. The summed E-state index contributed by atoms with van der Waals surface area (Å²) in [6.45, 7) is 6.85. The molecule has 5 atom stereocenters. The third kappa shape index (κ3) is 11.7. The second-order valence-corrected chi connectivity index (χ2v) is 15.8. The van der Waals surface area contributed by atoms with Crippen molar-refractivity contribution in [2.24, 2.45) is 11.3 Å². The van der Waals surface area contributed by atoms with Crippen LogP contribution in [0.1, 0.15) is 45.2 Å². The van der Waals surface area contributed by atoms with Gasteiger partial charge >= 0.3 is 6.09 Å². The quantitative estimate of drug-likeness (QED) is 0.187. The lowest BCUT2D eigenvalue weighted by Gasteiger charge is -2.37. The zero-order chi connectivity index (χ0) is 35.6. The molecule has 0 fully saturated rings. The number of aromatic nitrogens is 1. The highest BCUT2D eigenvalue weighted by Gasteiger charge is 2.38. The molecule has 0 bridgehead atoms. The van der Waals surface area contributed by atoms with Gasteiger partial charge < -0.3 is 20.8 Å². The fourth-order valence-electron chi connectivity index (χ4n) is 5.83. The Morgan fingerprint density at radius 1 is 0.875 bits per heavy atom. The molecule has 0 spiro atoms. The van der Waals surface area contributed by atoms with E-state index in [-0.39, 0.29) is 18.6 Å². The van der Waals surface area contributed by atoms with Crippen molar-refractivity contribution in [1.82, 2.24) is 20.5 Å². The number of nitrogens with zero attached hydrogens (tertiary/aromatic N) is 2. The summed E-state index contributed by atoms with van der Waals surface area (Å²) in [7, 11) is -2.08. The maximum absolute atomic E-state index is 13.8. The molecule has 1 aromatic heterocycles. The number of nitrogens with one attached hydrogen (secondary N) is 2. The number of amides is 3. The van der Waals surface area contributed by atoms with E-state index in [0.29, 0.717) is 6.42 Å². The Morgan fingerprint density at radius 3 is 2.02 bits per heavy atom. The van der Waals surface area contributed by atoms with E-state index >= 15 is 0 Å². The van der Waals surface area contributed by atoms with Gasteiger partial charge in [0.15, 0.2) is 0 Å². The Bertz CT molecular complexity index is 1610. The first-order valence-corrected chi connectivity index (χ1v) is 18.0. The number of likely N-dealkylation sites (N-methyl/N-ethyl adjacent to an activating group) is 1. The van der Waals surface area contributed by atoms with Crippen LogP contribution in [-0.4, -0.2) is 89.7 Å². The predicted molar refractivity (Wildman–Crippen MR) is 186 cm³/mol. The van der Waals surface area contributed by atoms with Crippen molar-refractivity contribution < 1.29 is 33.0 Å². The number of hydrogen-bond acceptors (Lipinski definition) is 7.